The molecule has 1 aromatic heterocycles. The van der Waals surface area contributed by atoms with Gasteiger partial charge in [-0.3, -0.25) is 15.0 Å². The zero-order valence-electron chi connectivity index (χ0n) is 13.9. The van der Waals surface area contributed by atoms with Crippen molar-refractivity contribution in [3.05, 3.63) is 48.5 Å². The van der Waals surface area contributed by atoms with Crippen molar-refractivity contribution in [1.82, 2.24) is 10.4 Å². The number of hydrogen-bond acceptors (Lipinski definition) is 7. The Kier molecular flexibility index (Phi) is 4.27. The number of hydrazine groups is 1. The number of thiazole rings is 1. The molecule has 7 nitrogen and oxygen atoms in total. The standard InChI is InChI=1S/C18H16N4O3S/c1-25-12-6-4-5-11(9-12)22-16(23)10-14(17(22)24)20-21-18-19-13-7-2-3-8-15(13)26-18/h2-9,14,20H,10H2,1H3,(H,19,21)/t14-/m0/s1. The average Bonchev–Trinajstić information content (AvgIpc) is 3.20. The third kappa shape index (κ3) is 3.00. The summed E-state index contributed by atoms with van der Waals surface area (Å²) < 4.78 is 6.21. The van der Waals surface area contributed by atoms with Gasteiger partial charge in [-0.05, 0) is 24.3 Å². The molecule has 1 fully saturated rings. The van der Waals surface area contributed by atoms with E-state index in [0.717, 1.165) is 10.2 Å². The first-order valence-corrected chi connectivity index (χ1v) is 8.85. The number of nitrogens with zero attached hydrogens (tertiary/aromatic N) is 2. The molecule has 0 aliphatic carbocycles. The third-order valence-electron chi connectivity index (χ3n) is 4.11. The molecule has 2 N–H and O–H groups in total. The van der Waals surface area contributed by atoms with Gasteiger partial charge < -0.3 is 4.74 Å². The van der Waals surface area contributed by atoms with Crippen LogP contribution in [0.5, 0.6) is 5.75 Å². The molecule has 8 heteroatoms. The van der Waals surface area contributed by atoms with E-state index in [0.29, 0.717) is 16.6 Å². The van der Waals surface area contributed by atoms with Gasteiger partial charge in [-0.15, -0.1) is 0 Å². The molecule has 0 spiro atoms. The summed E-state index contributed by atoms with van der Waals surface area (Å²) in [5.74, 6) is 0.0239. The largest absolute Gasteiger partial charge is 0.497 e. The lowest BCUT2D eigenvalue weighted by Crippen LogP contribution is -2.41. The van der Waals surface area contributed by atoms with Crippen molar-refractivity contribution in [1.29, 1.82) is 0 Å². The van der Waals surface area contributed by atoms with Gasteiger partial charge in [-0.25, -0.2) is 15.3 Å². The van der Waals surface area contributed by atoms with E-state index in [-0.39, 0.29) is 18.2 Å². The number of carbonyl (C=O) groups is 2. The van der Waals surface area contributed by atoms with Gasteiger partial charge in [0.25, 0.3) is 5.91 Å². The van der Waals surface area contributed by atoms with Crippen molar-refractivity contribution < 1.29 is 14.3 Å². The van der Waals surface area contributed by atoms with Crippen LogP contribution >= 0.6 is 11.3 Å². The molecule has 1 aliphatic rings. The maximum atomic E-state index is 12.7. The van der Waals surface area contributed by atoms with Crippen molar-refractivity contribution in [3.63, 3.8) is 0 Å². The Balaban J connectivity index is 1.48. The summed E-state index contributed by atoms with van der Waals surface area (Å²) in [6, 6.07) is 14.0. The minimum Gasteiger partial charge on any atom is -0.497 e. The van der Waals surface area contributed by atoms with Gasteiger partial charge in [0.05, 0.1) is 29.4 Å². The Morgan fingerprint density at radius 1 is 1.19 bits per heavy atom. The van der Waals surface area contributed by atoms with Gasteiger partial charge in [-0.2, -0.15) is 0 Å². The van der Waals surface area contributed by atoms with E-state index in [9.17, 15) is 9.59 Å². The predicted molar refractivity (Wildman–Crippen MR) is 100 cm³/mol. The highest BCUT2D eigenvalue weighted by Gasteiger charge is 2.39. The fraction of sp³-hybridized carbons (Fsp3) is 0.167. The number of hydrogen-bond donors (Lipinski definition) is 2. The van der Waals surface area contributed by atoms with Crippen LogP contribution < -0.4 is 20.5 Å². The van der Waals surface area contributed by atoms with Crippen LogP contribution in [0, 0.1) is 0 Å². The van der Waals surface area contributed by atoms with E-state index < -0.39 is 6.04 Å². The number of aromatic nitrogens is 1. The fourth-order valence-electron chi connectivity index (χ4n) is 2.84. The summed E-state index contributed by atoms with van der Waals surface area (Å²) in [6.45, 7) is 0. The maximum absolute atomic E-state index is 12.7. The van der Waals surface area contributed by atoms with Crippen LogP contribution in [0.3, 0.4) is 0 Å². The number of anilines is 2. The zero-order valence-corrected chi connectivity index (χ0v) is 14.7. The molecule has 0 bridgehead atoms. The Labute approximate surface area is 153 Å². The number of imide groups is 1. The van der Waals surface area contributed by atoms with Crippen LogP contribution in [0.25, 0.3) is 10.2 Å². The van der Waals surface area contributed by atoms with Crippen LogP contribution in [0.2, 0.25) is 0 Å². The average molecular weight is 368 g/mol. The lowest BCUT2D eigenvalue weighted by Gasteiger charge is -2.16. The molecule has 0 unspecified atom stereocenters. The molecule has 1 aliphatic heterocycles. The second kappa shape index (κ2) is 6.74. The summed E-state index contributed by atoms with van der Waals surface area (Å²) in [4.78, 5) is 30.6. The van der Waals surface area contributed by atoms with Gasteiger partial charge >= 0.3 is 0 Å². The number of benzene rings is 2. The Morgan fingerprint density at radius 3 is 2.85 bits per heavy atom. The molecule has 2 aromatic carbocycles. The highest BCUT2D eigenvalue weighted by Crippen LogP contribution is 2.27. The second-order valence-electron chi connectivity index (χ2n) is 5.78. The van der Waals surface area contributed by atoms with E-state index in [1.54, 1.807) is 31.4 Å². The van der Waals surface area contributed by atoms with E-state index in [4.69, 9.17) is 4.74 Å². The summed E-state index contributed by atoms with van der Waals surface area (Å²) in [6.07, 6.45) is 0.0773. The summed E-state index contributed by atoms with van der Waals surface area (Å²) in [5.41, 5.74) is 7.26. The highest BCUT2D eigenvalue weighted by molar-refractivity contribution is 7.22. The van der Waals surface area contributed by atoms with E-state index in [1.807, 2.05) is 24.3 Å². The van der Waals surface area contributed by atoms with Crippen LogP contribution in [-0.4, -0.2) is 29.9 Å². The van der Waals surface area contributed by atoms with E-state index in [1.165, 1.54) is 16.2 Å². The number of carbonyl (C=O) groups excluding carboxylic acids is 2. The van der Waals surface area contributed by atoms with Crippen LogP contribution in [0.15, 0.2) is 48.5 Å². The molecule has 0 radical (unpaired) electrons. The quantitative estimate of drug-likeness (QED) is 0.532. The first kappa shape index (κ1) is 16.5. The number of rotatable bonds is 5. The fourth-order valence-corrected chi connectivity index (χ4v) is 3.67. The molecule has 3 aromatic rings. The van der Waals surface area contributed by atoms with Gasteiger partial charge in [0.2, 0.25) is 5.91 Å². The molecular formula is C18H16N4O3S. The molecule has 2 heterocycles. The number of para-hydroxylation sites is 1. The summed E-state index contributed by atoms with van der Waals surface area (Å²) in [5, 5.41) is 0.645. The van der Waals surface area contributed by atoms with Gasteiger partial charge in [0.1, 0.15) is 11.8 Å². The van der Waals surface area contributed by atoms with Crippen LogP contribution in [0.4, 0.5) is 10.8 Å². The molecule has 2 amide bonds. The lowest BCUT2D eigenvalue weighted by atomic mass is 10.2. The van der Waals surface area contributed by atoms with Crippen molar-refractivity contribution in [2.24, 2.45) is 0 Å². The third-order valence-corrected chi connectivity index (χ3v) is 5.06. The normalized spacial score (nSPS) is 17.1. The van der Waals surface area contributed by atoms with Crippen molar-refractivity contribution in [2.75, 3.05) is 17.4 Å². The molecule has 26 heavy (non-hydrogen) atoms. The van der Waals surface area contributed by atoms with Crippen molar-refractivity contribution in [3.8, 4) is 5.75 Å². The minimum absolute atomic E-state index is 0.0773. The first-order valence-electron chi connectivity index (χ1n) is 8.03. The summed E-state index contributed by atoms with van der Waals surface area (Å²) >= 11 is 1.47. The Morgan fingerprint density at radius 2 is 2.04 bits per heavy atom. The van der Waals surface area contributed by atoms with E-state index >= 15 is 0 Å². The van der Waals surface area contributed by atoms with Gasteiger partial charge in [0.15, 0.2) is 5.13 Å². The summed E-state index contributed by atoms with van der Waals surface area (Å²) in [7, 11) is 1.54. The Hall–Kier alpha value is -2.97. The number of nitrogens with one attached hydrogen (secondary N) is 2. The minimum atomic E-state index is -0.652. The lowest BCUT2D eigenvalue weighted by molar-refractivity contribution is -0.121. The highest BCUT2D eigenvalue weighted by atomic mass is 32.1. The zero-order chi connectivity index (χ0) is 18.1. The predicted octanol–water partition coefficient (Wildman–Crippen LogP) is 2.55. The maximum Gasteiger partial charge on any atom is 0.253 e. The number of ether oxygens (including phenoxy) is 1. The van der Waals surface area contributed by atoms with Gasteiger partial charge in [0, 0.05) is 6.07 Å². The molecule has 4 rings (SSSR count). The molecule has 1 atom stereocenters. The molecule has 132 valence electrons. The molecule has 0 saturated carbocycles. The second-order valence-corrected chi connectivity index (χ2v) is 6.81. The van der Waals surface area contributed by atoms with Crippen LogP contribution in [0.1, 0.15) is 6.42 Å². The number of amides is 2. The topological polar surface area (TPSA) is 83.6 Å². The van der Waals surface area contributed by atoms with Gasteiger partial charge in [-0.1, -0.05) is 29.5 Å². The first-order chi connectivity index (χ1) is 12.7. The van der Waals surface area contributed by atoms with Crippen molar-refractivity contribution in [2.45, 2.75) is 12.5 Å². The SMILES string of the molecule is COc1cccc(N2C(=O)C[C@H](NNc3nc4ccccc4s3)C2=O)c1. The monoisotopic (exact) mass is 368 g/mol. The smallest absolute Gasteiger partial charge is 0.253 e. The van der Waals surface area contributed by atoms with Crippen LogP contribution in [-0.2, 0) is 9.59 Å². The number of fused-ring (bicyclic) bond motifs is 1. The van der Waals surface area contributed by atoms with E-state index in [2.05, 4.69) is 15.8 Å². The van der Waals surface area contributed by atoms with Crippen molar-refractivity contribution >= 4 is 44.2 Å². The molecule has 1 saturated heterocycles. The number of methoxy groups -OCH3 is 1. The Bertz CT molecular complexity index is 954. The molecular weight excluding hydrogens is 352 g/mol.